The summed E-state index contributed by atoms with van der Waals surface area (Å²) in [6.07, 6.45) is 1.71. The second kappa shape index (κ2) is 8.57. The number of hydrogen-bond donors (Lipinski definition) is 2. The molecule has 4 rings (SSSR count). The van der Waals surface area contributed by atoms with Crippen LogP contribution in [0.3, 0.4) is 0 Å². The zero-order valence-electron chi connectivity index (χ0n) is 16.5. The quantitative estimate of drug-likeness (QED) is 0.479. The molecule has 2 N–H and O–H groups in total. The van der Waals surface area contributed by atoms with Gasteiger partial charge in [0.15, 0.2) is 0 Å². The van der Waals surface area contributed by atoms with Crippen molar-refractivity contribution in [2.75, 3.05) is 5.32 Å². The number of hydrogen-bond acceptors (Lipinski definition) is 3. The molecule has 0 aliphatic rings. The van der Waals surface area contributed by atoms with E-state index in [-0.39, 0.29) is 17.6 Å². The van der Waals surface area contributed by atoms with Crippen LogP contribution in [0.15, 0.2) is 66.9 Å². The van der Waals surface area contributed by atoms with E-state index in [4.69, 9.17) is 11.6 Å². The van der Waals surface area contributed by atoms with Crippen molar-refractivity contribution in [1.82, 2.24) is 14.7 Å². The molecule has 8 heteroatoms. The molecular formula is C23H18ClFN4O2. The molecule has 0 saturated heterocycles. The molecule has 2 heterocycles. The van der Waals surface area contributed by atoms with Gasteiger partial charge in [-0.1, -0.05) is 23.7 Å². The van der Waals surface area contributed by atoms with Gasteiger partial charge >= 0.3 is 0 Å². The molecule has 0 atom stereocenters. The lowest BCUT2D eigenvalue weighted by Crippen LogP contribution is -2.25. The van der Waals surface area contributed by atoms with Gasteiger partial charge in [-0.05, 0) is 55.0 Å². The molecule has 4 aromatic rings. The zero-order valence-corrected chi connectivity index (χ0v) is 17.3. The molecule has 2 aromatic heterocycles. The Morgan fingerprint density at radius 1 is 1.03 bits per heavy atom. The second-order valence-corrected chi connectivity index (χ2v) is 7.40. The van der Waals surface area contributed by atoms with E-state index >= 15 is 0 Å². The van der Waals surface area contributed by atoms with Crippen LogP contribution in [0, 0.1) is 12.7 Å². The average Bonchev–Trinajstić information content (AvgIpc) is 3.08. The van der Waals surface area contributed by atoms with Gasteiger partial charge in [0, 0.05) is 35.1 Å². The van der Waals surface area contributed by atoms with Crippen LogP contribution in [0.2, 0.25) is 5.02 Å². The van der Waals surface area contributed by atoms with Crippen molar-refractivity contribution >= 4 is 34.7 Å². The van der Waals surface area contributed by atoms with Gasteiger partial charge in [-0.15, -0.1) is 0 Å². The van der Waals surface area contributed by atoms with Crippen molar-refractivity contribution in [3.63, 3.8) is 0 Å². The Balaban J connectivity index is 1.40. The number of aryl methyl sites for hydroxylation is 1. The summed E-state index contributed by atoms with van der Waals surface area (Å²) in [5.74, 6) is -0.931. The smallest absolute Gasteiger partial charge is 0.270 e. The van der Waals surface area contributed by atoms with Gasteiger partial charge in [0.2, 0.25) is 0 Å². The number of halogens is 2. The van der Waals surface area contributed by atoms with Gasteiger partial charge in [0.05, 0.1) is 5.69 Å². The molecule has 2 aromatic carbocycles. The van der Waals surface area contributed by atoms with Crippen LogP contribution in [0.4, 0.5) is 10.1 Å². The SMILES string of the molecule is Cc1nc2cc(Cl)ccn2c1C(=O)NCc1ccc(C(=O)Nc2ccc(F)cc2)cc1. The standard InChI is InChI=1S/C23H18ClFN4O2/c1-14-21(29-11-10-17(24)12-20(29)27-14)23(31)26-13-15-2-4-16(5-3-15)22(30)28-19-8-6-18(25)7-9-19/h2-12H,13H2,1H3,(H,26,31)(H,28,30). The number of anilines is 1. The van der Waals surface area contributed by atoms with Crippen molar-refractivity contribution in [2.45, 2.75) is 13.5 Å². The number of pyridine rings is 1. The fourth-order valence-corrected chi connectivity index (χ4v) is 3.34. The van der Waals surface area contributed by atoms with E-state index in [1.165, 1.54) is 24.3 Å². The summed E-state index contributed by atoms with van der Waals surface area (Å²) in [5, 5.41) is 6.13. The Morgan fingerprint density at radius 2 is 1.74 bits per heavy atom. The van der Waals surface area contributed by atoms with E-state index in [1.807, 2.05) is 0 Å². The predicted octanol–water partition coefficient (Wildman–Crippen LogP) is 4.62. The average molecular weight is 437 g/mol. The van der Waals surface area contributed by atoms with Crippen LogP contribution in [-0.4, -0.2) is 21.2 Å². The maximum Gasteiger partial charge on any atom is 0.270 e. The third-order valence-corrected chi connectivity index (χ3v) is 4.98. The highest BCUT2D eigenvalue weighted by molar-refractivity contribution is 6.30. The van der Waals surface area contributed by atoms with Gasteiger partial charge in [0.25, 0.3) is 11.8 Å². The topological polar surface area (TPSA) is 75.5 Å². The first kappa shape index (κ1) is 20.6. The highest BCUT2D eigenvalue weighted by Gasteiger charge is 2.16. The molecule has 2 amide bonds. The summed E-state index contributed by atoms with van der Waals surface area (Å²) in [6, 6.07) is 15.8. The lowest BCUT2D eigenvalue weighted by molar-refractivity contribution is 0.0943. The lowest BCUT2D eigenvalue weighted by Gasteiger charge is -2.08. The number of rotatable bonds is 5. The maximum atomic E-state index is 13.0. The highest BCUT2D eigenvalue weighted by Crippen LogP contribution is 2.17. The van der Waals surface area contributed by atoms with E-state index in [0.29, 0.717) is 39.9 Å². The summed E-state index contributed by atoms with van der Waals surface area (Å²) in [7, 11) is 0. The van der Waals surface area contributed by atoms with Gasteiger partial charge in [-0.3, -0.25) is 14.0 Å². The Kier molecular flexibility index (Phi) is 5.68. The normalized spacial score (nSPS) is 10.8. The Morgan fingerprint density at radius 3 is 2.45 bits per heavy atom. The molecular weight excluding hydrogens is 419 g/mol. The minimum absolute atomic E-state index is 0.259. The number of amides is 2. The van der Waals surface area contributed by atoms with Gasteiger partial charge < -0.3 is 10.6 Å². The summed E-state index contributed by atoms with van der Waals surface area (Å²) in [5.41, 5.74) is 3.45. The lowest BCUT2D eigenvalue weighted by atomic mass is 10.1. The number of carbonyl (C=O) groups is 2. The minimum atomic E-state index is -0.368. The molecule has 156 valence electrons. The second-order valence-electron chi connectivity index (χ2n) is 6.96. The number of aromatic nitrogens is 2. The maximum absolute atomic E-state index is 13.0. The van der Waals surface area contributed by atoms with Gasteiger partial charge in [-0.25, -0.2) is 9.37 Å². The third kappa shape index (κ3) is 4.57. The van der Waals surface area contributed by atoms with E-state index in [2.05, 4.69) is 15.6 Å². The molecule has 0 aliphatic carbocycles. The number of imidazole rings is 1. The van der Waals surface area contributed by atoms with Crippen LogP contribution in [0.1, 0.15) is 32.1 Å². The number of nitrogens with zero attached hydrogens (tertiary/aromatic N) is 2. The van der Waals surface area contributed by atoms with Crippen molar-refractivity contribution in [1.29, 1.82) is 0 Å². The van der Waals surface area contributed by atoms with Crippen molar-refractivity contribution < 1.29 is 14.0 Å². The largest absolute Gasteiger partial charge is 0.347 e. The first-order valence-corrected chi connectivity index (χ1v) is 9.87. The molecule has 0 aliphatic heterocycles. The van der Waals surface area contributed by atoms with E-state index in [9.17, 15) is 14.0 Å². The molecule has 31 heavy (non-hydrogen) atoms. The van der Waals surface area contributed by atoms with E-state index < -0.39 is 0 Å². The van der Waals surface area contributed by atoms with Crippen molar-refractivity contribution in [3.05, 3.63) is 100 Å². The Labute approximate surface area is 182 Å². The van der Waals surface area contributed by atoms with Crippen LogP contribution >= 0.6 is 11.6 Å². The molecule has 0 spiro atoms. The zero-order chi connectivity index (χ0) is 22.0. The van der Waals surface area contributed by atoms with Gasteiger partial charge in [0.1, 0.15) is 17.2 Å². The molecule has 0 radical (unpaired) electrons. The third-order valence-electron chi connectivity index (χ3n) is 4.75. The Bertz CT molecular complexity index is 1270. The fraction of sp³-hybridized carbons (Fsp3) is 0.0870. The summed E-state index contributed by atoms with van der Waals surface area (Å²) < 4.78 is 14.7. The van der Waals surface area contributed by atoms with Crippen LogP contribution < -0.4 is 10.6 Å². The van der Waals surface area contributed by atoms with Gasteiger partial charge in [-0.2, -0.15) is 0 Å². The monoisotopic (exact) mass is 436 g/mol. The fourth-order valence-electron chi connectivity index (χ4n) is 3.19. The number of carbonyl (C=O) groups excluding carboxylic acids is 2. The van der Waals surface area contributed by atoms with Crippen molar-refractivity contribution in [2.24, 2.45) is 0 Å². The molecule has 0 fully saturated rings. The van der Waals surface area contributed by atoms with Crippen LogP contribution in [-0.2, 0) is 6.54 Å². The summed E-state index contributed by atoms with van der Waals surface area (Å²) >= 11 is 5.99. The first-order valence-electron chi connectivity index (χ1n) is 9.49. The van der Waals surface area contributed by atoms with Crippen LogP contribution in [0.25, 0.3) is 5.65 Å². The molecule has 0 bridgehead atoms. The molecule has 6 nitrogen and oxygen atoms in total. The predicted molar refractivity (Wildman–Crippen MR) is 117 cm³/mol. The minimum Gasteiger partial charge on any atom is -0.347 e. The summed E-state index contributed by atoms with van der Waals surface area (Å²) in [6.45, 7) is 2.06. The van der Waals surface area contributed by atoms with E-state index in [1.54, 1.807) is 53.9 Å². The first-order chi connectivity index (χ1) is 14.9. The number of benzene rings is 2. The highest BCUT2D eigenvalue weighted by atomic mass is 35.5. The van der Waals surface area contributed by atoms with Crippen LogP contribution in [0.5, 0.6) is 0 Å². The molecule has 0 unspecified atom stereocenters. The number of fused-ring (bicyclic) bond motifs is 1. The van der Waals surface area contributed by atoms with E-state index in [0.717, 1.165) is 5.56 Å². The summed E-state index contributed by atoms with van der Waals surface area (Å²) in [4.78, 5) is 29.4. The molecule has 0 saturated carbocycles. The van der Waals surface area contributed by atoms with Crippen molar-refractivity contribution in [3.8, 4) is 0 Å². The number of nitrogens with one attached hydrogen (secondary N) is 2. The Hall–Kier alpha value is -3.71.